The summed E-state index contributed by atoms with van der Waals surface area (Å²) >= 11 is 3.51. The predicted molar refractivity (Wildman–Crippen MR) is 110 cm³/mol. The monoisotopic (exact) mass is 442 g/mol. The van der Waals surface area contributed by atoms with E-state index in [0.29, 0.717) is 19.0 Å². The Morgan fingerprint density at radius 2 is 1.93 bits per heavy atom. The molecule has 0 radical (unpaired) electrons. The first-order valence-corrected chi connectivity index (χ1v) is 9.33. The van der Waals surface area contributed by atoms with Crippen LogP contribution in [0.2, 0.25) is 0 Å². The van der Waals surface area contributed by atoms with Crippen LogP contribution >= 0.6 is 15.9 Å². The van der Waals surface area contributed by atoms with Crippen molar-refractivity contribution in [3.63, 3.8) is 0 Å². The lowest BCUT2D eigenvalue weighted by atomic mass is 10.2. The fraction of sp³-hybridized carbons (Fsp3) is 0.143. The molecule has 0 amide bonds. The number of halogens is 1. The van der Waals surface area contributed by atoms with Crippen molar-refractivity contribution in [2.45, 2.75) is 13.2 Å². The van der Waals surface area contributed by atoms with Gasteiger partial charge < -0.3 is 19.5 Å². The smallest absolute Gasteiger partial charge is 0.489 e. The van der Waals surface area contributed by atoms with E-state index in [9.17, 15) is 4.79 Å². The van der Waals surface area contributed by atoms with Crippen molar-refractivity contribution in [1.29, 1.82) is 0 Å². The molecule has 144 valence electrons. The van der Waals surface area contributed by atoms with Crippen LogP contribution < -0.4 is 14.4 Å². The standard InChI is InChI=1S/C21H19BrN2O4/c1-24(20-10-8-18(12-23-20)28-21(25)26)13-16-11-17(22)7-9-19(16)27-14-15-5-3-2-4-6-15/h2-12H,13-14H2,1H3,(H,25,26). The number of nitrogens with zero attached hydrogens (tertiary/aromatic N) is 2. The molecular weight excluding hydrogens is 424 g/mol. The van der Waals surface area contributed by atoms with Gasteiger partial charge in [-0.25, -0.2) is 9.78 Å². The molecule has 0 aliphatic heterocycles. The predicted octanol–water partition coefficient (Wildman–Crippen LogP) is 5.12. The molecule has 1 N–H and O–H groups in total. The molecular formula is C21H19BrN2O4. The van der Waals surface area contributed by atoms with Crippen LogP contribution in [-0.2, 0) is 13.2 Å². The molecule has 3 rings (SSSR count). The normalized spacial score (nSPS) is 10.4. The van der Waals surface area contributed by atoms with Gasteiger partial charge in [0.05, 0.1) is 6.20 Å². The molecule has 0 bridgehead atoms. The number of anilines is 1. The number of pyridine rings is 1. The average Bonchev–Trinajstić information content (AvgIpc) is 2.68. The molecule has 0 fully saturated rings. The van der Waals surface area contributed by atoms with Crippen LogP contribution in [0.3, 0.4) is 0 Å². The Kier molecular flexibility index (Phi) is 6.49. The maximum Gasteiger partial charge on any atom is 0.511 e. The lowest BCUT2D eigenvalue weighted by molar-refractivity contribution is 0.144. The summed E-state index contributed by atoms with van der Waals surface area (Å²) in [5.41, 5.74) is 2.10. The molecule has 1 aromatic heterocycles. The summed E-state index contributed by atoms with van der Waals surface area (Å²) in [6.07, 6.45) is 0.0190. The third-order valence-electron chi connectivity index (χ3n) is 3.98. The number of carboxylic acid groups (broad SMARTS) is 1. The molecule has 0 atom stereocenters. The van der Waals surface area contributed by atoms with Gasteiger partial charge in [0.15, 0.2) is 5.75 Å². The largest absolute Gasteiger partial charge is 0.511 e. The molecule has 0 aliphatic rings. The summed E-state index contributed by atoms with van der Waals surface area (Å²) in [5.74, 6) is 1.66. The highest BCUT2D eigenvalue weighted by atomic mass is 79.9. The Balaban J connectivity index is 1.71. The minimum atomic E-state index is -1.36. The van der Waals surface area contributed by atoms with E-state index in [4.69, 9.17) is 9.84 Å². The highest BCUT2D eigenvalue weighted by Crippen LogP contribution is 2.27. The fourth-order valence-corrected chi connectivity index (χ4v) is 3.05. The highest BCUT2D eigenvalue weighted by Gasteiger charge is 2.11. The molecule has 0 unspecified atom stereocenters. The zero-order valence-corrected chi connectivity index (χ0v) is 16.8. The maximum absolute atomic E-state index is 10.6. The number of benzene rings is 2. The summed E-state index contributed by atoms with van der Waals surface area (Å²) in [6, 6.07) is 19.2. The number of carbonyl (C=O) groups is 1. The third kappa shape index (κ3) is 5.47. The quantitative estimate of drug-likeness (QED) is 0.512. The third-order valence-corrected chi connectivity index (χ3v) is 4.48. The summed E-state index contributed by atoms with van der Waals surface area (Å²) in [7, 11) is 1.90. The molecule has 0 saturated heterocycles. The van der Waals surface area contributed by atoms with Gasteiger partial charge in [-0.3, -0.25) is 0 Å². The molecule has 0 aliphatic carbocycles. The van der Waals surface area contributed by atoms with Gasteiger partial charge in [0.2, 0.25) is 0 Å². The van der Waals surface area contributed by atoms with E-state index in [1.165, 1.54) is 6.20 Å². The molecule has 28 heavy (non-hydrogen) atoms. The van der Waals surface area contributed by atoms with Crippen LogP contribution in [0, 0.1) is 0 Å². The van der Waals surface area contributed by atoms with E-state index < -0.39 is 6.16 Å². The van der Waals surface area contributed by atoms with Crippen molar-refractivity contribution in [2.24, 2.45) is 0 Å². The Morgan fingerprint density at radius 3 is 2.61 bits per heavy atom. The van der Waals surface area contributed by atoms with Crippen molar-refractivity contribution in [3.8, 4) is 11.5 Å². The molecule has 2 aromatic carbocycles. The number of hydrogen-bond acceptors (Lipinski definition) is 5. The maximum atomic E-state index is 10.6. The van der Waals surface area contributed by atoms with Gasteiger partial charge >= 0.3 is 6.16 Å². The zero-order chi connectivity index (χ0) is 19.9. The van der Waals surface area contributed by atoms with Gasteiger partial charge in [0.25, 0.3) is 0 Å². The first-order chi connectivity index (χ1) is 13.5. The van der Waals surface area contributed by atoms with Gasteiger partial charge in [-0.15, -0.1) is 0 Å². The van der Waals surface area contributed by atoms with Crippen LogP contribution in [0.4, 0.5) is 10.6 Å². The van der Waals surface area contributed by atoms with Crippen molar-refractivity contribution < 1.29 is 19.4 Å². The topological polar surface area (TPSA) is 71.9 Å². The van der Waals surface area contributed by atoms with Crippen LogP contribution in [-0.4, -0.2) is 23.3 Å². The molecule has 0 spiro atoms. The van der Waals surface area contributed by atoms with Gasteiger partial charge in [-0.1, -0.05) is 46.3 Å². The number of hydrogen-bond donors (Lipinski definition) is 1. The molecule has 1 heterocycles. The Bertz CT molecular complexity index is 933. The fourth-order valence-electron chi connectivity index (χ4n) is 2.64. The minimum Gasteiger partial charge on any atom is -0.489 e. The number of aromatic nitrogens is 1. The zero-order valence-electron chi connectivity index (χ0n) is 15.2. The van der Waals surface area contributed by atoms with E-state index >= 15 is 0 Å². The van der Waals surface area contributed by atoms with Gasteiger partial charge in [-0.2, -0.15) is 0 Å². The lowest BCUT2D eigenvalue weighted by Crippen LogP contribution is -2.18. The van der Waals surface area contributed by atoms with Crippen molar-refractivity contribution >= 4 is 27.9 Å². The van der Waals surface area contributed by atoms with Crippen molar-refractivity contribution in [1.82, 2.24) is 4.98 Å². The second kappa shape index (κ2) is 9.23. The van der Waals surface area contributed by atoms with Crippen LogP contribution in [0.5, 0.6) is 11.5 Å². The van der Waals surface area contributed by atoms with Crippen LogP contribution in [0.15, 0.2) is 71.3 Å². The summed E-state index contributed by atoms with van der Waals surface area (Å²) < 4.78 is 11.6. The van der Waals surface area contributed by atoms with E-state index in [0.717, 1.165) is 21.3 Å². The summed E-state index contributed by atoms with van der Waals surface area (Å²) in [6.45, 7) is 1.05. The second-order valence-electron chi connectivity index (χ2n) is 6.10. The van der Waals surface area contributed by atoms with E-state index in [2.05, 4.69) is 25.7 Å². The SMILES string of the molecule is CN(Cc1cc(Br)ccc1OCc1ccccc1)c1ccc(OC(=O)O)cn1. The van der Waals surface area contributed by atoms with E-state index in [-0.39, 0.29) is 5.75 Å². The summed E-state index contributed by atoms with van der Waals surface area (Å²) in [4.78, 5) is 16.8. The first kappa shape index (κ1) is 19.7. The summed E-state index contributed by atoms with van der Waals surface area (Å²) in [5, 5.41) is 8.65. The Hall–Kier alpha value is -3.06. The Morgan fingerprint density at radius 1 is 1.14 bits per heavy atom. The number of rotatable bonds is 7. The first-order valence-electron chi connectivity index (χ1n) is 8.54. The molecule has 6 nitrogen and oxygen atoms in total. The Labute approximate surface area is 171 Å². The van der Waals surface area contributed by atoms with Crippen LogP contribution in [0.25, 0.3) is 0 Å². The van der Waals surface area contributed by atoms with Gasteiger partial charge in [0, 0.05) is 23.6 Å². The highest BCUT2D eigenvalue weighted by molar-refractivity contribution is 9.10. The lowest BCUT2D eigenvalue weighted by Gasteiger charge is -2.20. The van der Waals surface area contributed by atoms with Crippen LogP contribution in [0.1, 0.15) is 11.1 Å². The number of ether oxygens (including phenoxy) is 2. The molecule has 0 saturated carbocycles. The van der Waals surface area contributed by atoms with Gasteiger partial charge in [0.1, 0.15) is 18.2 Å². The van der Waals surface area contributed by atoms with Crippen molar-refractivity contribution in [2.75, 3.05) is 11.9 Å². The minimum absolute atomic E-state index is 0.180. The van der Waals surface area contributed by atoms with Crippen molar-refractivity contribution in [3.05, 3.63) is 82.5 Å². The molecule has 7 heteroatoms. The average molecular weight is 443 g/mol. The molecule has 3 aromatic rings. The van der Waals surface area contributed by atoms with Gasteiger partial charge in [-0.05, 0) is 35.9 Å². The second-order valence-corrected chi connectivity index (χ2v) is 7.02. The van der Waals surface area contributed by atoms with E-state index in [1.807, 2.05) is 60.5 Å². The van der Waals surface area contributed by atoms with E-state index in [1.54, 1.807) is 12.1 Å².